The molecule has 1 heterocycles. The molecule has 6 nitrogen and oxygen atoms in total. The minimum absolute atomic E-state index is 0.0780. The highest BCUT2D eigenvalue weighted by molar-refractivity contribution is 7.89. The van der Waals surface area contributed by atoms with Gasteiger partial charge in [-0.15, -0.1) is 0 Å². The molecular formula is C17H25ClN2O4S. The first-order valence-corrected chi connectivity index (χ1v) is 10.6. The average molecular weight is 389 g/mol. The number of nitrogens with zero attached hydrogens (tertiary/aromatic N) is 1. The van der Waals surface area contributed by atoms with Gasteiger partial charge in [-0.3, -0.25) is 4.79 Å². The maximum atomic E-state index is 12.4. The minimum Gasteiger partial charge on any atom is -0.492 e. The first-order valence-electron chi connectivity index (χ1n) is 8.59. The van der Waals surface area contributed by atoms with Crippen LogP contribution in [0.2, 0.25) is 5.02 Å². The number of hydrogen-bond donors (Lipinski definition) is 1. The molecule has 1 fully saturated rings. The van der Waals surface area contributed by atoms with E-state index in [1.54, 1.807) is 24.3 Å². The topological polar surface area (TPSA) is 75.7 Å². The summed E-state index contributed by atoms with van der Waals surface area (Å²) in [6, 6.07) is 6.41. The molecule has 1 N–H and O–H groups in total. The minimum atomic E-state index is -3.38. The Morgan fingerprint density at radius 2 is 2.20 bits per heavy atom. The summed E-state index contributed by atoms with van der Waals surface area (Å²) in [5.41, 5.74) is 0. The number of hydrogen-bond acceptors (Lipinski definition) is 4. The highest BCUT2D eigenvalue weighted by Gasteiger charge is 2.35. The van der Waals surface area contributed by atoms with Crippen LogP contribution in [0.1, 0.15) is 32.6 Å². The van der Waals surface area contributed by atoms with Gasteiger partial charge in [0.25, 0.3) is 0 Å². The van der Waals surface area contributed by atoms with Gasteiger partial charge >= 0.3 is 0 Å². The third kappa shape index (κ3) is 5.87. The fourth-order valence-corrected chi connectivity index (χ4v) is 4.82. The molecule has 1 aliphatic heterocycles. The van der Waals surface area contributed by atoms with Gasteiger partial charge in [0.15, 0.2) is 0 Å². The van der Waals surface area contributed by atoms with Gasteiger partial charge in [-0.1, -0.05) is 31.0 Å². The molecular weight excluding hydrogens is 364 g/mol. The van der Waals surface area contributed by atoms with Gasteiger partial charge in [-0.05, 0) is 37.5 Å². The number of carbonyl (C=O) groups excluding carboxylic acids is 1. The maximum Gasteiger partial charge on any atom is 0.238 e. The van der Waals surface area contributed by atoms with Crippen molar-refractivity contribution in [2.75, 3.05) is 25.4 Å². The van der Waals surface area contributed by atoms with Crippen molar-refractivity contribution < 1.29 is 17.9 Å². The molecule has 1 saturated heterocycles. The molecule has 0 bridgehead atoms. The number of benzene rings is 1. The van der Waals surface area contributed by atoms with Crippen LogP contribution >= 0.6 is 11.6 Å². The Labute approximate surface area is 154 Å². The van der Waals surface area contributed by atoms with Crippen LogP contribution in [0.25, 0.3) is 0 Å². The van der Waals surface area contributed by atoms with Crippen molar-refractivity contribution in [2.45, 2.75) is 38.6 Å². The lowest BCUT2D eigenvalue weighted by atomic mass is 10.0. The highest BCUT2D eigenvalue weighted by atomic mass is 35.5. The van der Waals surface area contributed by atoms with Crippen molar-refractivity contribution in [2.24, 2.45) is 0 Å². The molecule has 1 aromatic carbocycles. The quantitative estimate of drug-likeness (QED) is 0.694. The normalized spacial score (nSPS) is 18.7. The Kier molecular flexibility index (Phi) is 7.53. The Hall–Kier alpha value is -1.31. The number of rotatable bonds is 8. The van der Waals surface area contributed by atoms with Crippen molar-refractivity contribution in [1.82, 2.24) is 9.62 Å². The van der Waals surface area contributed by atoms with Crippen molar-refractivity contribution in [3.05, 3.63) is 29.3 Å². The number of halogens is 1. The van der Waals surface area contributed by atoms with Gasteiger partial charge < -0.3 is 10.1 Å². The summed E-state index contributed by atoms with van der Waals surface area (Å²) in [5, 5.41) is 3.36. The third-order valence-electron chi connectivity index (χ3n) is 4.04. The predicted molar refractivity (Wildman–Crippen MR) is 98.4 cm³/mol. The summed E-state index contributed by atoms with van der Waals surface area (Å²) in [6.07, 6.45) is 2.75. The van der Waals surface area contributed by atoms with E-state index in [0.717, 1.165) is 12.8 Å². The number of nitrogens with one attached hydrogen (secondary N) is 1. The van der Waals surface area contributed by atoms with E-state index >= 15 is 0 Å². The average Bonchev–Trinajstić information content (AvgIpc) is 2.58. The lowest BCUT2D eigenvalue weighted by Crippen LogP contribution is -2.52. The van der Waals surface area contributed by atoms with Crippen molar-refractivity contribution >= 4 is 27.5 Å². The van der Waals surface area contributed by atoms with E-state index in [2.05, 4.69) is 5.32 Å². The van der Waals surface area contributed by atoms with Crippen LogP contribution in [0.3, 0.4) is 0 Å². The van der Waals surface area contributed by atoms with Crippen molar-refractivity contribution in [1.29, 1.82) is 0 Å². The summed E-state index contributed by atoms with van der Waals surface area (Å²) in [5.74, 6) is 0.454. The second-order valence-electron chi connectivity index (χ2n) is 6.04. The van der Waals surface area contributed by atoms with Crippen LogP contribution in [0.4, 0.5) is 0 Å². The molecule has 140 valence electrons. The number of carbonyl (C=O) groups is 1. The molecule has 0 spiro atoms. The smallest absolute Gasteiger partial charge is 0.238 e. The van der Waals surface area contributed by atoms with Crippen molar-refractivity contribution in [3.63, 3.8) is 0 Å². The Morgan fingerprint density at radius 1 is 1.40 bits per heavy atom. The maximum absolute atomic E-state index is 12.4. The number of piperidine rings is 1. The molecule has 2 rings (SSSR count). The van der Waals surface area contributed by atoms with Gasteiger partial charge in [0.2, 0.25) is 15.9 Å². The molecule has 0 saturated carbocycles. The highest BCUT2D eigenvalue weighted by Crippen LogP contribution is 2.21. The predicted octanol–water partition coefficient (Wildman–Crippen LogP) is 2.43. The monoisotopic (exact) mass is 388 g/mol. The summed E-state index contributed by atoms with van der Waals surface area (Å²) in [4.78, 5) is 12.4. The van der Waals surface area contributed by atoms with Gasteiger partial charge in [0.1, 0.15) is 18.4 Å². The van der Waals surface area contributed by atoms with Crippen LogP contribution in [0, 0.1) is 0 Å². The van der Waals surface area contributed by atoms with E-state index in [-0.39, 0.29) is 11.7 Å². The SMILES string of the molecule is CCCS(=O)(=O)N1CCCCC1C(=O)NCCOc1cccc(Cl)c1. The largest absolute Gasteiger partial charge is 0.492 e. The fraction of sp³-hybridized carbons (Fsp3) is 0.588. The number of sulfonamides is 1. The standard InChI is InChI=1S/C17H25ClN2O4S/c1-2-12-25(22,23)20-10-4-3-8-16(20)17(21)19-9-11-24-15-7-5-6-14(18)13-15/h5-7,13,16H,2-4,8-12H2,1H3,(H,19,21). The van der Waals surface area contributed by atoms with Crippen LogP contribution in [-0.4, -0.2) is 50.1 Å². The summed E-state index contributed by atoms with van der Waals surface area (Å²) in [7, 11) is -3.38. The Bertz CT molecular complexity index is 681. The number of ether oxygens (including phenoxy) is 1. The van der Waals surface area contributed by atoms with Gasteiger partial charge in [-0.25, -0.2) is 8.42 Å². The van der Waals surface area contributed by atoms with Crippen LogP contribution in [-0.2, 0) is 14.8 Å². The first kappa shape index (κ1) is 20.0. The van der Waals surface area contributed by atoms with E-state index in [0.29, 0.717) is 43.3 Å². The molecule has 1 atom stereocenters. The lowest BCUT2D eigenvalue weighted by Gasteiger charge is -2.33. The Morgan fingerprint density at radius 3 is 2.92 bits per heavy atom. The van der Waals surface area contributed by atoms with Crippen molar-refractivity contribution in [3.8, 4) is 5.75 Å². The second-order valence-corrected chi connectivity index (χ2v) is 8.51. The first-order chi connectivity index (χ1) is 11.9. The summed E-state index contributed by atoms with van der Waals surface area (Å²) >= 11 is 5.88. The third-order valence-corrected chi connectivity index (χ3v) is 6.35. The number of amides is 1. The lowest BCUT2D eigenvalue weighted by molar-refractivity contribution is -0.125. The van der Waals surface area contributed by atoms with Crippen LogP contribution < -0.4 is 10.1 Å². The van der Waals surface area contributed by atoms with Crippen LogP contribution in [0.5, 0.6) is 5.75 Å². The fourth-order valence-electron chi connectivity index (χ4n) is 2.89. The molecule has 1 aromatic rings. The zero-order chi connectivity index (χ0) is 18.3. The van der Waals surface area contributed by atoms with E-state index in [1.165, 1.54) is 4.31 Å². The van der Waals surface area contributed by atoms with E-state index in [4.69, 9.17) is 16.3 Å². The summed E-state index contributed by atoms with van der Waals surface area (Å²) in [6.45, 7) is 2.84. The van der Waals surface area contributed by atoms with Gasteiger partial charge in [0.05, 0.1) is 12.3 Å². The molecule has 1 amide bonds. The zero-order valence-corrected chi connectivity index (χ0v) is 16.0. The summed E-state index contributed by atoms with van der Waals surface area (Å²) < 4.78 is 31.6. The van der Waals surface area contributed by atoms with E-state index in [1.807, 2.05) is 6.92 Å². The molecule has 8 heteroatoms. The van der Waals surface area contributed by atoms with Gasteiger partial charge in [0, 0.05) is 11.6 Å². The molecule has 0 aromatic heterocycles. The molecule has 1 aliphatic rings. The Balaban J connectivity index is 1.85. The molecule has 0 radical (unpaired) electrons. The molecule has 25 heavy (non-hydrogen) atoms. The zero-order valence-electron chi connectivity index (χ0n) is 14.4. The van der Waals surface area contributed by atoms with E-state index in [9.17, 15) is 13.2 Å². The molecule has 1 unspecified atom stereocenters. The van der Waals surface area contributed by atoms with Crippen LogP contribution in [0.15, 0.2) is 24.3 Å². The second kappa shape index (κ2) is 9.40. The van der Waals surface area contributed by atoms with Gasteiger partial charge in [-0.2, -0.15) is 4.31 Å². The molecule has 0 aliphatic carbocycles. The van der Waals surface area contributed by atoms with E-state index < -0.39 is 16.1 Å².